The first-order valence-corrected chi connectivity index (χ1v) is 11.7. The van der Waals surface area contributed by atoms with E-state index in [9.17, 15) is 18.1 Å². The van der Waals surface area contributed by atoms with Crippen LogP contribution in [0.4, 0.5) is 11.4 Å². The van der Waals surface area contributed by atoms with Gasteiger partial charge >= 0.3 is 5.69 Å². The van der Waals surface area contributed by atoms with Crippen LogP contribution in [0.2, 0.25) is 5.02 Å². The molecule has 0 aliphatic heterocycles. The lowest BCUT2D eigenvalue weighted by Crippen LogP contribution is -2.18. The number of halogens is 1. The summed E-state index contributed by atoms with van der Waals surface area (Å²) in [5.41, 5.74) is 0.812. The minimum Gasteiger partial charge on any atom is -0.287 e. The van der Waals surface area contributed by atoms with Gasteiger partial charge in [-0.05, 0) is 29.2 Å². The van der Waals surface area contributed by atoms with Crippen LogP contribution < -0.4 is 4.72 Å². The molecule has 0 aliphatic rings. The lowest BCUT2D eigenvalue weighted by molar-refractivity contribution is -0.736. The highest BCUT2D eigenvalue weighted by Crippen LogP contribution is 2.27. The number of nitrogens with zero attached hydrogens (tertiary/aromatic N) is 2. The van der Waals surface area contributed by atoms with Crippen LogP contribution >= 0.6 is 11.6 Å². The minimum absolute atomic E-state index is 0.0259. The molecule has 0 radical (unpaired) electrons. The van der Waals surface area contributed by atoms with E-state index < -0.39 is 15.8 Å². The van der Waals surface area contributed by atoms with Gasteiger partial charge in [0.05, 0.1) is 20.5 Å². The van der Waals surface area contributed by atoms with Crippen LogP contribution in [-0.2, 0) is 20.3 Å². The van der Waals surface area contributed by atoms with Gasteiger partial charge in [0.2, 0.25) is 5.78 Å². The summed E-state index contributed by atoms with van der Waals surface area (Å²) in [6.45, 7) is 6.08. The molecule has 0 saturated carbocycles. The molecule has 0 saturated heterocycles. The Balaban J connectivity index is 1.98. The number of carbonyl (C=O) groups is 1. The van der Waals surface area contributed by atoms with Gasteiger partial charge in [-0.3, -0.25) is 9.52 Å². The van der Waals surface area contributed by atoms with Crippen LogP contribution in [0, 0.1) is 4.91 Å². The number of anilines is 1. The minimum atomic E-state index is -4.04. The summed E-state index contributed by atoms with van der Waals surface area (Å²) in [7, 11) is -2.84. The fourth-order valence-electron chi connectivity index (χ4n) is 3.04. The molecule has 2 aromatic carbocycles. The second-order valence-electron chi connectivity index (χ2n) is 8.25. The zero-order chi connectivity index (χ0) is 24.4. The molecule has 33 heavy (non-hydrogen) atoms. The molecule has 0 amide bonds. The fraction of sp³-hybridized carbons (Fsp3) is 0.217. The number of sulfonamides is 1. The first-order chi connectivity index (χ1) is 15.4. The summed E-state index contributed by atoms with van der Waals surface area (Å²) in [4.78, 5) is 33.8. The number of rotatable bonds is 7. The third-order valence-electron chi connectivity index (χ3n) is 4.83. The predicted molar refractivity (Wildman–Crippen MR) is 125 cm³/mol. The second-order valence-corrected chi connectivity index (χ2v) is 10.4. The average molecular weight is 489 g/mol. The van der Waals surface area contributed by atoms with Gasteiger partial charge < -0.3 is 0 Å². The zero-order valence-corrected chi connectivity index (χ0v) is 20.1. The summed E-state index contributed by atoms with van der Waals surface area (Å²) in [5.74, 6) is -0.598. The van der Waals surface area contributed by atoms with E-state index in [1.165, 1.54) is 55.8 Å². The summed E-state index contributed by atoms with van der Waals surface area (Å²) in [6.07, 6.45) is 1.24. The number of hydrogen-bond donors (Lipinski definition) is 1. The molecular weight excluding hydrogens is 466 g/mol. The Kier molecular flexibility index (Phi) is 6.85. The highest BCUT2D eigenvalue weighted by Gasteiger charge is 2.24. The molecule has 3 aromatic rings. The highest BCUT2D eigenvalue weighted by molar-refractivity contribution is 7.92. The van der Waals surface area contributed by atoms with Gasteiger partial charge in [0.1, 0.15) is 5.69 Å². The first kappa shape index (κ1) is 24.3. The number of hydrogen-bond acceptors (Lipinski definition) is 6. The topological polar surface area (TPSA) is 105 Å². The molecule has 1 aromatic heterocycles. The van der Waals surface area contributed by atoms with Crippen LogP contribution in [0.3, 0.4) is 0 Å². The number of aromatic nitrogens is 1. The van der Waals surface area contributed by atoms with E-state index in [-0.39, 0.29) is 42.9 Å². The molecule has 1 heterocycles. The van der Waals surface area contributed by atoms with Crippen molar-refractivity contribution in [1.82, 2.24) is 4.98 Å². The normalized spacial score (nSPS) is 11.7. The molecule has 0 fully saturated rings. The molecule has 0 spiro atoms. The second kappa shape index (κ2) is 9.29. The lowest BCUT2D eigenvalue weighted by atomic mass is 9.87. The molecule has 3 rings (SSSR count). The molecule has 0 unspecified atom stereocenters. The Labute approximate surface area is 197 Å². The smallest absolute Gasteiger partial charge is 0.287 e. The van der Waals surface area contributed by atoms with Gasteiger partial charge in [0, 0.05) is 23.9 Å². The SMILES string of the molecule is CO[N+](=O)c1cccc(C(=O)c2ncc(Cl)cc2NS(=O)(=O)c2ccc(C(C)(C)C)cc2)c1. The Morgan fingerprint density at radius 3 is 2.36 bits per heavy atom. The molecule has 10 heteroatoms. The maximum atomic E-state index is 13.1. The number of pyridine rings is 1. The van der Waals surface area contributed by atoms with Crippen LogP contribution in [0.15, 0.2) is 65.7 Å². The van der Waals surface area contributed by atoms with E-state index in [1.54, 1.807) is 12.1 Å². The molecule has 0 atom stereocenters. The Morgan fingerprint density at radius 1 is 1.09 bits per heavy atom. The monoisotopic (exact) mass is 488 g/mol. The predicted octanol–water partition coefficient (Wildman–Crippen LogP) is 5.04. The van der Waals surface area contributed by atoms with Gasteiger partial charge in [0.15, 0.2) is 7.11 Å². The quantitative estimate of drug-likeness (QED) is 0.369. The van der Waals surface area contributed by atoms with Crippen LogP contribution in [-0.4, -0.2) is 31.2 Å². The highest BCUT2D eigenvalue weighted by atomic mass is 35.5. The van der Waals surface area contributed by atoms with Crippen molar-refractivity contribution in [2.24, 2.45) is 0 Å². The Morgan fingerprint density at radius 2 is 1.76 bits per heavy atom. The number of ketones is 1. The molecule has 172 valence electrons. The number of nitrogens with one attached hydrogen (secondary N) is 1. The van der Waals surface area contributed by atoms with Crippen LogP contribution in [0.25, 0.3) is 0 Å². The molecule has 0 aliphatic carbocycles. The number of benzene rings is 2. The lowest BCUT2D eigenvalue weighted by Gasteiger charge is -2.19. The molecule has 8 nitrogen and oxygen atoms in total. The van der Waals surface area contributed by atoms with E-state index in [0.29, 0.717) is 0 Å². The maximum absolute atomic E-state index is 13.1. The van der Waals surface area contributed by atoms with Crippen molar-refractivity contribution in [2.75, 3.05) is 11.8 Å². The molecule has 1 N–H and O–H groups in total. The fourth-order valence-corrected chi connectivity index (χ4v) is 4.25. The first-order valence-electron chi connectivity index (χ1n) is 9.87. The van der Waals surface area contributed by atoms with E-state index in [4.69, 9.17) is 11.6 Å². The van der Waals surface area contributed by atoms with Crippen molar-refractivity contribution in [3.63, 3.8) is 0 Å². The van der Waals surface area contributed by atoms with Crippen molar-refractivity contribution < 1.29 is 23.0 Å². The van der Waals surface area contributed by atoms with Crippen LogP contribution in [0.1, 0.15) is 42.4 Å². The Bertz CT molecular complexity index is 1320. The van der Waals surface area contributed by atoms with E-state index >= 15 is 0 Å². The third-order valence-corrected chi connectivity index (χ3v) is 6.42. The van der Waals surface area contributed by atoms with Gasteiger partial charge in [-0.2, -0.15) is 0 Å². The van der Waals surface area contributed by atoms with Gasteiger partial charge in [-0.1, -0.05) is 56.6 Å². The van der Waals surface area contributed by atoms with Gasteiger partial charge in [-0.15, -0.1) is 0 Å². The van der Waals surface area contributed by atoms with E-state index in [1.807, 2.05) is 20.8 Å². The third kappa shape index (κ3) is 5.55. The maximum Gasteiger partial charge on any atom is 0.317 e. The summed E-state index contributed by atoms with van der Waals surface area (Å²) >= 11 is 6.03. The van der Waals surface area contributed by atoms with Crippen molar-refractivity contribution in [3.8, 4) is 0 Å². The summed E-state index contributed by atoms with van der Waals surface area (Å²) < 4.78 is 28.4. The largest absolute Gasteiger partial charge is 0.317 e. The summed E-state index contributed by atoms with van der Waals surface area (Å²) in [6, 6.07) is 13.6. The number of carbonyl (C=O) groups excluding carboxylic acids is 1. The summed E-state index contributed by atoms with van der Waals surface area (Å²) in [5, 5.41) is 0.145. The van der Waals surface area contributed by atoms with Crippen molar-refractivity contribution in [3.05, 3.63) is 87.5 Å². The molecule has 0 bridgehead atoms. The van der Waals surface area contributed by atoms with Gasteiger partial charge in [0.25, 0.3) is 14.9 Å². The van der Waals surface area contributed by atoms with E-state index in [0.717, 1.165) is 5.56 Å². The van der Waals surface area contributed by atoms with Crippen molar-refractivity contribution in [1.29, 1.82) is 0 Å². The van der Waals surface area contributed by atoms with Crippen molar-refractivity contribution in [2.45, 2.75) is 31.1 Å². The standard InChI is InChI=1S/C23H22ClN3O5S/c1-23(2,3)16-8-10-19(11-9-16)33(30,31)26-20-13-17(24)14-25-21(20)22(28)15-6-5-7-18(12-15)27(29)32-4/h5-14H,1-4H3/p+1. The average Bonchev–Trinajstić information content (AvgIpc) is 2.77. The van der Waals surface area contributed by atoms with E-state index in [2.05, 4.69) is 14.5 Å². The molecular formula is C23H23ClN3O5S+. The van der Waals surface area contributed by atoms with Crippen molar-refractivity contribution >= 4 is 38.8 Å². The Hall–Kier alpha value is -3.30. The zero-order valence-electron chi connectivity index (χ0n) is 18.5. The van der Waals surface area contributed by atoms with Gasteiger partial charge in [-0.25, -0.2) is 18.2 Å². The van der Waals surface area contributed by atoms with Crippen LogP contribution in [0.5, 0.6) is 0 Å².